The van der Waals surface area contributed by atoms with E-state index in [0.717, 1.165) is 18.6 Å². The highest BCUT2D eigenvalue weighted by Crippen LogP contribution is 2.27. The van der Waals surface area contributed by atoms with E-state index in [0.29, 0.717) is 6.10 Å². The summed E-state index contributed by atoms with van der Waals surface area (Å²) in [5.74, 6) is 0.787. The molecule has 0 spiro atoms. The van der Waals surface area contributed by atoms with E-state index in [4.69, 9.17) is 4.74 Å². The molecule has 0 atom stereocenters. The van der Waals surface area contributed by atoms with Crippen molar-refractivity contribution in [3.63, 3.8) is 0 Å². The Bertz CT molecular complexity index is 258. The first-order valence-corrected chi connectivity index (χ1v) is 7.76. The number of ether oxygens (including phenoxy) is 1. The summed E-state index contributed by atoms with van der Waals surface area (Å²) in [5, 5.41) is 0. The van der Waals surface area contributed by atoms with Gasteiger partial charge in [0.05, 0.1) is 12.8 Å². The van der Waals surface area contributed by atoms with Crippen LogP contribution < -0.4 is 0 Å². The van der Waals surface area contributed by atoms with Gasteiger partial charge in [0.25, 0.3) is 0 Å². The Morgan fingerprint density at radius 3 is 2.21 bits per heavy atom. The van der Waals surface area contributed by atoms with Crippen LogP contribution >= 0.6 is 0 Å². The van der Waals surface area contributed by atoms with Gasteiger partial charge in [0.2, 0.25) is 0 Å². The highest BCUT2D eigenvalue weighted by Gasteiger charge is 2.32. The van der Waals surface area contributed by atoms with Crippen LogP contribution in [0.4, 0.5) is 0 Å². The topological polar surface area (TPSA) is 19.0 Å². The van der Waals surface area contributed by atoms with Crippen LogP contribution in [0.3, 0.4) is 0 Å². The fraction of sp³-hybridized carbons (Fsp3) is 1.00. The Morgan fingerprint density at radius 1 is 1.11 bits per heavy atom. The van der Waals surface area contributed by atoms with Crippen LogP contribution in [0.2, 0.25) is 0 Å². The van der Waals surface area contributed by atoms with Gasteiger partial charge >= 0.3 is 0 Å². The van der Waals surface area contributed by atoms with Crippen LogP contribution in [-0.4, -0.2) is 80.4 Å². The summed E-state index contributed by atoms with van der Waals surface area (Å²) in [6, 6.07) is 0.735. The Hall–Kier alpha value is -0.160. The van der Waals surface area contributed by atoms with Crippen molar-refractivity contribution in [2.75, 3.05) is 53.5 Å². The molecule has 4 heteroatoms. The molecule has 0 aromatic rings. The molecule has 1 heterocycles. The lowest BCUT2D eigenvalue weighted by Gasteiger charge is -2.44. The van der Waals surface area contributed by atoms with Crippen LogP contribution in [0.5, 0.6) is 0 Å². The highest BCUT2D eigenvalue weighted by molar-refractivity contribution is 4.87. The van der Waals surface area contributed by atoms with Gasteiger partial charge in [-0.3, -0.25) is 9.80 Å². The molecule has 2 aliphatic rings. The molecule has 1 saturated heterocycles. The molecule has 0 unspecified atom stereocenters. The smallest absolute Gasteiger partial charge is 0.0601 e. The molecule has 4 nitrogen and oxygen atoms in total. The standard InChI is InChI=1S/C15H31N3O/c1-13(2)11-17-5-7-18(8-6-17)12-16(3)14-9-15(10-14)19-4/h13-15H,5-12H2,1-4H3. The van der Waals surface area contributed by atoms with E-state index in [9.17, 15) is 0 Å². The van der Waals surface area contributed by atoms with Crippen LogP contribution in [0, 0.1) is 5.92 Å². The van der Waals surface area contributed by atoms with E-state index in [-0.39, 0.29) is 0 Å². The molecule has 0 N–H and O–H groups in total. The van der Waals surface area contributed by atoms with Crippen molar-refractivity contribution in [3.05, 3.63) is 0 Å². The van der Waals surface area contributed by atoms with Crippen molar-refractivity contribution >= 4 is 0 Å². The van der Waals surface area contributed by atoms with Crippen molar-refractivity contribution in [2.24, 2.45) is 5.92 Å². The van der Waals surface area contributed by atoms with Gasteiger partial charge < -0.3 is 9.64 Å². The minimum atomic E-state index is 0.510. The van der Waals surface area contributed by atoms with Crippen LogP contribution in [0.1, 0.15) is 26.7 Å². The lowest BCUT2D eigenvalue weighted by atomic mass is 9.88. The molecule has 2 rings (SSSR count). The third-order valence-electron chi connectivity index (χ3n) is 4.54. The van der Waals surface area contributed by atoms with E-state index < -0.39 is 0 Å². The Balaban J connectivity index is 1.63. The molecular formula is C15H31N3O. The Morgan fingerprint density at radius 2 is 1.68 bits per heavy atom. The van der Waals surface area contributed by atoms with Gasteiger partial charge in [-0.05, 0) is 25.8 Å². The number of methoxy groups -OCH3 is 1. The molecule has 112 valence electrons. The maximum absolute atomic E-state index is 5.36. The summed E-state index contributed by atoms with van der Waals surface area (Å²) in [4.78, 5) is 7.70. The third kappa shape index (κ3) is 4.42. The van der Waals surface area contributed by atoms with Gasteiger partial charge in [-0.15, -0.1) is 0 Å². The molecule has 1 aliphatic carbocycles. The highest BCUT2D eigenvalue weighted by atomic mass is 16.5. The van der Waals surface area contributed by atoms with E-state index >= 15 is 0 Å². The lowest BCUT2D eigenvalue weighted by Crippen LogP contribution is -2.54. The van der Waals surface area contributed by atoms with E-state index in [1.807, 2.05) is 7.11 Å². The maximum atomic E-state index is 5.36. The second kappa shape index (κ2) is 7.02. The zero-order valence-corrected chi connectivity index (χ0v) is 13.1. The first-order valence-electron chi connectivity index (χ1n) is 7.76. The second-order valence-electron chi connectivity index (χ2n) is 6.69. The van der Waals surface area contributed by atoms with Gasteiger partial charge in [-0.25, -0.2) is 0 Å². The predicted octanol–water partition coefficient (Wildman–Crippen LogP) is 1.33. The molecule has 2 fully saturated rings. The zero-order valence-electron chi connectivity index (χ0n) is 13.1. The summed E-state index contributed by atoms with van der Waals surface area (Å²) in [6.07, 6.45) is 2.93. The Kier molecular flexibility index (Phi) is 5.63. The van der Waals surface area contributed by atoms with Gasteiger partial charge in [0.1, 0.15) is 0 Å². The summed E-state index contributed by atoms with van der Waals surface area (Å²) in [7, 11) is 4.09. The molecule has 19 heavy (non-hydrogen) atoms. The molecule has 1 aliphatic heterocycles. The normalized spacial score (nSPS) is 30.0. The average Bonchev–Trinajstić information content (AvgIpc) is 2.29. The monoisotopic (exact) mass is 269 g/mol. The SMILES string of the molecule is COC1CC(N(C)CN2CCN(CC(C)C)CC2)C1. The number of hydrogen-bond donors (Lipinski definition) is 0. The Labute approximate surface area is 118 Å². The number of rotatable bonds is 6. The van der Waals surface area contributed by atoms with Crippen molar-refractivity contribution in [2.45, 2.75) is 38.8 Å². The first-order chi connectivity index (χ1) is 9.08. The summed E-state index contributed by atoms with van der Waals surface area (Å²) in [6.45, 7) is 11.9. The van der Waals surface area contributed by atoms with E-state index in [1.165, 1.54) is 45.6 Å². The molecule has 0 bridgehead atoms. The summed E-state index contributed by atoms with van der Waals surface area (Å²) < 4.78 is 5.36. The lowest BCUT2D eigenvalue weighted by molar-refractivity contribution is -0.0384. The molecule has 0 aromatic heterocycles. The first kappa shape index (κ1) is 15.2. The fourth-order valence-corrected chi connectivity index (χ4v) is 3.15. The minimum absolute atomic E-state index is 0.510. The van der Waals surface area contributed by atoms with Gasteiger partial charge in [0, 0.05) is 45.9 Å². The number of nitrogens with zero attached hydrogens (tertiary/aromatic N) is 3. The van der Waals surface area contributed by atoms with Crippen LogP contribution in [0.15, 0.2) is 0 Å². The van der Waals surface area contributed by atoms with Gasteiger partial charge in [0.15, 0.2) is 0 Å². The van der Waals surface area contributed by atoms with E-state index in [1.54, 1.807) is 0 Å². The number of piperazine rings is 1. The minimum Gasteiger partial charge on any atom is -0.381 e. The fourth-order valence-electron chi connectivity index (χ4n) is 3.15. The molecular weight excluding hydrogens is 238 g/mol. The summed E-state index contributed by atoms with van der Waals surface area (Å²) >= 11 is 0. The van der Waals surface area contributed by atoms with Crippen molar-refractivity contribution in [1.82, 2.24) is 14.7 Å². The van der Waals surface area contributed by atoms with Crippen LogP contribution in [-0.2, 0) is 4.74 Å². The van der Waals surface area contributed by atoms with Crippen molar-refractivity contribution < 1.29 is 4.74 Å². The number of hydrogen-bond acceptors (Lipinski definition) is 4. The molecule has 1 saturated carbocycles. The molecule has 0 aromatic carbocycles. The summed E-state index contributed by atoms with van der Waals surface area (Å²) in [5.41, 5.74) is 0. The largest absolute Gasteiger partial charge is 0.381 e. The zero-order chi connectivity index (χ0) is 13.8. The van der Waals surface area contributed by atoms with Crippen molar-refractivity contribution in [3.8, 4) is 0 Å². The molecule has 0 amide bonds. The van der Waals surface area contributed by atoms with Crippen molar-refractivity contribution in [1.29, 1.82) is 0 Å². The average molecular weight is 269 g/mol. The van der Waals surface area contributed by atoms with Crippen LogP contribution in [0.25, 0.3) is 0 Å². The second-order valence-corrected chi connectivity index (χ2v) is 6.69. The van der Waals surface area contributed by atoms with E-state index in [2.05, 4.69) is 35.6 Å². The van der Waals surface area contributed by atoms with Gasteiger partial charge in [-0.2, -0.15) is 0 Å². The quantitative estimate of drug-likeness (QED) is 0.724. The third-order valence-corrected chi connectivity index (χ3v) is 4.54. The van der Waals surface area contributed by atoms with Gasteiger partial charge in [-0.1, -0.05) is 13.8 Å². The predicted molar refractivity (Wildman–Crippen MR) is 79.3 cm³/mol. The maximum Gasteiger partial charge on any atom is 0.0601 e. The molecule has 0 radical (unpaired) electrons.